The summed E-state index contributed by atoms with van der Waals surface area (Å²) < 4.78 is 5.20. The fourth-order valence-corrected chi connectivity index (χ4v) is 1.97. The molecular weight excluding hydrogens is 200 g/mol. The molecule has 1 aliphatic carbocycles. The molecule has 0 amide bonds. The minimum absolute atomic E-state index is 0.287. The number of benzene rings is 1. The first kappa shape index (κ1) is 9.81. The molecule has 0 saturated heterocycles. The summed E-state index contributed by atoms with van der Waals surface area (Å²) >= 11 is 5.89. The van der Waals surface area contributed by atoms with Crippen molar-refractivity contribution in [3.05, 3.63) is 28.8 Å². The molecule has 1 aliphatic rings. The summed E-state index contributed by atoms with van der Waals surface area (Å²) in [4.78, 5) is 0. The third kappa shape index (κ3) is 1.39. The highest BCUT2D eigenvalue weighted by Crippen LogP contribution is 2.54. The van der Waals surface area contributed by atoms with Crippen LogP contribution in [-0.2, 0) is 5.60 Å². The second-order valence-corrected chi connectivity index (χ2v) is 4.31. The van der Waals surface area contributed by atoms with E-state index in [-0.39, 0.29) is 5.92 Å². The number of rotatable bonds is 2. The minimum atomic E-state index is -0.726. The van der Waals surface area contributed by atoms with E-state index in [1.807, 2.05) is 6.92 Å². The van der Waals surface area contributed by atoms with Crippen LogP contribution in [-0.4, -0.2) is 12.2 Å². The van der Waals surface area contributed by atoms with Gasteiger partial charge in [-0.1, -0.05) is 18.5 Å². The van der Waals surface area contributed by atoms with Gasteiger partial charge >= 0.3 is 0 Å². The summed E-state index contributed by atoms with van der Waals surface area (Å²) in [6.07, 6.45) is 0.781. The highest BCUT2D eigenvalue weighted by molar-refractivity contribution is 6.30. The van der Waals surface area contributed by atoms with Crippen molar-refractivity contribution in [2.75, 3.05) is 7.11 Å². The molecule has 2 rings (SSSR count). The molecular formula is C11H13ClO2. The van der Waals surface area contributed by atoms with E-state index in [0.29, 0.717) is 10.8 Å². The lowest BCUT2D eigenvalue weighted by atomic mass is 10.0. The second kappa shape index (κ2) is 3.14. The van der Waals surface area contributed by atoms with Crippen LogP contribution in [0.3, 0.4) is 0 Å². The molecule has 1 aromatic rings. The normalized spacial score (nSPS) is 30.1. The summed E-state index contributed by atoms with van der Waals surface area (Å²) in [5.74, 6) is 0.996. The van der Waals surface area contributed by atoms with Crippen molar-refractivity contribution in [3.8, 4) is 5.75 Å². The van der Waals surface area contributed by atoms with E-state index >= 15 is 0 Å². The highest BCUT2D eigenvalue weighted by Gasteiger charge is 2.52. The van der Waals surface area contributed by atoms with Gasteiger partial charge in [-0.05, 0) is 30.5 Å². The molecule has 1 aromatic carbocycles. The highest BCUT2D eigenvalue weighted by atomic mass is 35.5. The minimum Gasteiger partial charge on any atom is -0.496 e. The first-order chi connectivity index (χ1) is 6.58. The van der Waals surface area contributed by atoms with Crippen molar-refractivity contribution in [1.82, 2.24) is 0 Å². The van der Waals surface area contributed by atoms with Gasteiger partial charge in [0.05, 0.1) is 12.7 Å². The fourth-order valence-electron chi connectivity index (χ4n) is 1.80. The van der Waals surface area contributed by atoms with Crippen molar-refractivity contribution in [1.29, 1.82) is 0 Å². The Morgan fingerprint density at radius 2 is 2.21 bits per heavy atom. The molecule has 0 aromatic heterocycles. The van der Waals surface area contributed by atoms with Gasteiger partial charge in [0.2, 0.25) is 0 Å². The Morgan fingerprint density at radius 3 is 2.71 bits per heavy atom. The second-order valence-electron chi connectivity index (χ2n) is 3.87. The Hall–Kier alpha value is -0.730. The third-order valence-corrected chi connectivity index (χ3v) is 3.14. The average molecular weight is 213 g/mol. The lowest BCUT2D eigenvalue weighted by molar-refractivity contribution is 0.131. The Morgan fingerprint density at radius 1 is 1.57 bits per heavy atom. The van der Waals surface area contributed by atoms with Crippen molar-refractivity contribution in [3.63, 3.8) is 0 Å². The predicted molar refractivity (Wildman–Crippen MR) is 55.7 cm³/mol. The molecule has 0 bridgehead atoms. The van der Waals surface area contributed by atoms with Gasteiger partial charge in [0, 0.05) is 10.6 Å². The van der Waals surface area contributed by atoms with Crippen LogP contribution in [0.5, 0.6) is 5.75 Å². The standard InChI is InChI=1S/C11H13ClO2/c1-7-6-11(7,13)9-5-8(12)3-4-10(9)14-2/h3-5,7,13H,6H2,1-2H3. The zero-order chi connectivity index (χ0) is 10.3. The Bertz CT molecular complexity index is 364. The van der Waals surface area contributed by atoms with E-state index in [9.17, 15) is 5.11 Å². The Kier molecular flexibility index (Phi) is 2.20. The molecule has 1 N–H and O–H groups in total. The van der Waals surface area contributed by atoms with Crippen molar-refractivity contribution in [2.45, 2.75) is 18.9 Å². The average Bonchev–Trinajstić information content (AvgIpc) is 2.76. The molecule has 3 heteroatoms. The van der Waals surface area contributed by atoms with Crippen LogP contribution in [0, 0.1) is 5.92 Å². The molecule has 2 unspecified atom stereocenters. The summed E-state index contributed by atoms with van der Waals surface area (Å²) in [5, 5.41) is 10.8. The Balaban J connectivity index is 2.45. The summed E-state index contributed by atoms with van der Waals surface area (Å²) in [6.45, 7) is 2.01. The van der Waals surface area contributed by atoms with Gasteiger partial charge in [-0.3, -0.25) is 0 Å². The van der Waals surface area contributed by atoms with Crippen LogP contribution in [0.25, 0.3) is 0 Å². The predicted octanol–water partition coefficient (Wildman–Crippen LogP) is 2.58. The largest absolute Gasteiger partial charge is 0.496 e. The number of aliphatic hydroxyl groups is 1. The maximum absolute atomic E-state index is 10.2. The third-order valence-electron chi connectivity index (χ3n) is 2.90. The van der Waals surface area contributed by atoms with Gasteiger partial charge in [0.1, 0.15) is 5.75 Å². The van der Waals surface area contributed by atoms with Crippen LogP contribution < -0.4 is 4.74 Å². The van der Waals surface area contributed by atoms with Crippen LogP contribution in [0.1, 0.15) is 18.9 Å². The van der Waals surface area contributed by atoms with Gasteiger partial charge in [-0.25, -0.2) is 0 Å². The lowest BCUT2D eigenvalue weighted by Gasteiger charge is -2.14. The van der Waals surface area contributed by atoms with E-state index < -0.39 is 5.60 Å². The topological polar surface area (TPSA) is 29.5 Å². The van der Waals surface area contributed by atoms with Crippen molar-refractivity contribution in [2.24, 2.45) is 5.92 Å². The molecule has 1 saturated carbocycles. The number of hydrogen-bond donors (Lipinski definition) is 1. The first-order valence-electron chi connectivity index (χ1n) is 4.64. The monoisotopic (exact) mass is 212 g/mol. The number of ether oxygens (including phenoxy) is 1. The first-order valence-corrected chi connectivity index (χ1v) is 5.02. The van der Waals surface area contributed by atoms with Gasteiger partial charge in [0.25, 0.3) is 0 Å². The van der Waals surface area contributed by atoms with Crippen LogP contribution in [0.15, 0.2) is 18.2 Å². The molecule has 0 aliphatic heterocycles. The zero-order valence-corrected chi connectivity index (χ0v) is 9.01. The fraction of sp³-hybridized carbons (Fsp3) is 0.455. The van der Waals surface area contributed by atoms with E-state index in [2.05, 4.69) is 0 Å². The maximum Gasteiger partial charge on any atom is 0.125 e. The van der Waals surface area contributed by atoms with Gasteiger partial charge in [0.15, 0.2) is 0 Å². The van der Waals surface area contributed by atoms with E-state index in [1.54, 1.807) is 25.3 Å². The smallest absolute Gasteiger partial charge is 0.125 e. The molecule has 2 atom stereocenters. The number of halogens is 1. The van der Waals surface area contributed by atoms with Gasteiger partial charge in [-0.15, -0.1) is 0 Å². The lowest BCUT2D eigenvalue weighted by Crippen LogP contribution is -2.09. The molecule has 76 valence electrons. The molecule has 2 nitrogen and oxygen atoms in total. The van der Waals surface area contributed by atoms with Gasteiger partial charge < -0.3 is 9.84 Å². The molecule has 14 heavy (non-hydrogen) atoms. The van der Waals surface area contributed by atoms with Crippen LogP contribution >= 0.6 is 11.6 Å². The SMILES string of the molecule is COc1ccc(Cl)cc1C1(O)CC1C. The maximum atomic E-state index is 10.2. The summed E-state index contributed by atoms with van der Waals surface area (Å²) in [6, 6.07) is 5.34. The molecule has 0 spiro atoms. The van der Waals surface area contributed by atoms with E-state index in [1.165, 1.54) is 0 Å². The molecule has 0 heterocycles. The van der Waals surface area contributed by atoms with Crippen LogP contribution in [0.4, 0.5) is 0 Å². The van der Waals surface area contributed by atoms with Gasteiger partial charge in [-0.2, -0.15) is 0 Å². The van der Waals surface area contributed by atoms with Crippen molar-refractivity contribution >= 4 is 11.6 Å². The van der Waals surface area contributed by atoms with E-state index in [4.69, 9.17) is 16.3 Å². The molecule has 0 radical (unpaired) electrons. The summed E-state index contributed by atoms with van der Waals surface area (Å²) in [5.41, 5.74) is 0.0796. The number of hydrogen-bond acceptors (Lipinski definition) is 2. The summed E-state index contributed by atoms with van der Waals surface area (Å²) in [7, 11) is 1.60. The molecule has 1 fully saturated rings. The zero-order valence-electron chi connectivity index (χ0n) is 8.25. The van der Waals surface area contributed by atoms with Crippen LogP contribution in [0.2, 0.25) is 5.02 Å². The van der Waals surface area contributed by atoms with E-state index in [0.717, 1.165) is 12.0 Å². The number of methoxy groups -OCH3 is 1. The quantitative estimate of drug-likeness (QED) is 0.817. The Labute approximate surface area is 88.5 Å². The van der Waals surface area contributed by atoms with Crippen molar-refractivity contribution < 1.29 is 9.84 Å².